The van der Waals surface area contributed by atoms with Crippen molar-refractivity contribution in [3.8, 4) is 0 Å². The van der Waals surface area contributed by atoms with E-state index in [1.807, 2.05) is 31.2 Å². The van der Waals surface area contributed by atoms with Crippen LogP contribution < -0.4 is 5.32 Å². The number of carbonyl (C=O) groups is 1. The summed E-state index contributed by atoms with van der Waals surface area (Å²) in [5.41, 5.74) is 3.09. The van der Waals surface area contributed by atoms with Crippen molar-refractivity contribution < 1.29 is 13.6 Å². The third kappa shape index (κ3) is 4.05. The normalized spacial score (nSPS) is 14.6. The van der Waals surface area contributed by atoms with Crippen LogP contribution in [0, 0.1) is 11.6 Å². The van der Waals surface area contributed by atoms with Crippen molar-refractivity contribution in [2.45, 2.75) is 25.9 Å². The van der Waals surface area contributed by atoms with Crippen LogP contribution in [-0.4, -0.2) is 32.3 Å². The molecule has 6 nitrogen and oxygen atoms in total. The highest BCUT2D eigenvalue weighted by Gasteiger charge is 2.29. The number of carbonyl (C=O) groups excluding carboxylic acids is 1. The monoisotopic (exact) mass is 445 g/mol. The van der Waals surface area contributed by atoms with Gasteiger partial charge in [-0.3, -0.25) is 14.7 Å². The first kappa shape index (κ1) is 21.1. The number of hydrogen-bond acceptors (Lipinski definition) is 5. The number of hydrogen-bond donors (Lipinski definition) is 1. The van der Waals surface area contributed by atoms with Crippen LogP contribution in [0.25, 0.3) is 10.9 Å². The second-order valence-corrected chi connectivity index (χ2v) is 8.02. The Morgan fingerprint density at radius 3 is 2.64 bits per heavy atom. The molecule has 0 spiro atoms. The van der Waals surface area contributed by atoms with Crippen LogP contribution in [0.5, 0.6) is 0 Å². The Hall–Kier alpha value is -3.78. The number of para-hydroxylation sites is 1. The minimum atomic E-state index is -1.02. The number of fused-ring (bicyclic) bond motifs is 2. The minimum Gasteiger partial charge on any atom is -0.322 e. The second-order valence-electron chi connectivity index (χ2n) is 8.02. The highest BCUT2D eigenvalue weighted by atomic mass is 19.2. The summed E-state index contributed by atoms with van der Waals surface area (Å²) < 4.78 is 27.0. The molecule has 166 valence electrons. The average molecular weight is 445 g/mol. The molecule has 1 amide bonds. The third-order valence-electron chi connectivity index (χ3n) is 5.99. The molecule has 0 aliphatic carbocycles. The maximum Gasteiger partial charge on any atom is 0.256 e. The maximum absolute atomic E-state index is 13.7. The molecule has 0 saturated carbocycles. The van der Waals surface area contributed by atoms with Crippen LogP contribution in [0.1, 0.15) is 40.4 Å². The number of pyridine rings is 1. The van der Waals surface area contributed by atoms with Crippen molar-refractivity contribution in [1.29, 1.82) is 0 Å². The van der Waals surface area contributed by atoms with E-state index in [0.29, 0.717) is 29.7 Å². The van der Waals surface area contributed by atoms with Crippen LogP contribution in [0.3, 0.4) is 0 Å². The highest BCUT2D eigenvalue weighted by molar-refractivity contribution is 6.13. The molecule has 1 atom stereocenters. The molecule has 1 aliphatic rings. The SMILES string of the molecule is CC(c1ncccn1)N1CCc2nc3ccccc3c(C(=O)Nc3ccc(F)c(F)c3)c2C1. The van der Waals surface area contributed by atoms with E-state index in [1.165, 1.54) is 6.07 Å². The van der Waals surface area contributed by atoms with E-state index in [1.54, 1.807) is 18.5 Å². The van der Waals surface area contributed by atoms with Gasteiger partial charge in [0.05, 0.1) is 17.1 Å². The molecule has 4 aromatic rings. The molecule has 1 N–H and O–H groups in total. The van der Waals surface area contributed by atoms with Gasteiger partial charge in [0.1, 0.15) is 5.82 Å². The summed E-state index contributed by atoms with van der Waals surface area (Å²) in [5.74, 6) is -1.66. The van der Waals surface area contributed by atoms with E-state index in [0.717, 1.165) is 35.5 Å². The summed E-state index contributed by atoms with van der Waals surface area (Å²) in [6.45, 7) is 3.28. The topological polar surface area (TPSA) is 71.0 Å². The number of nitrogens with one attached hydrogen (secondary N) is 1. The summed E-state index contributed by atoms with van der Waals surface area (Å²) in [7, 11) is 0. The number of rotatable bonds is 4. The van der Waals surface area contributed by atoms with Crippen molar-refractivity contribution in [3.05, 3.63) is 95.2 Å². The van der Waals surface area contributed by atoms with Gasteiger partial charge in [0.15, 0.2) is 11.6 Å². The summed E-state index contributed by atoms with van der Waals surface area (Å²) in [6, 6.07) is 12.5. The lowest BCUT2D eigenvalue weighted by atomic mass is 9.94. The second kappa shape index (κ2) is 8.63. The lowest BCUT2D eigenvalue weighted by Crippen LogP contribution is -2.35. The van der Waals surface area contributed by atoms with Crippen molar-refractivity contribution in [2.75, 3.05) is 11.9 Å². The molecule has 0 saturated heterocycles. The van der Waals surface area contributed by atoms with Crippen molar-refractivity contribution >= 4 is 22.5 Å². The summed E-state index contributed by atoms with van der Waals surface area (Å²) in [6.07, 6.45) is 4.10. The Bertz CT molecular complexity index is 1350. The molecule has 3 heterocycles. The Morgan fingerprint density at radius 1 is 1.06 bits per heavy atom. The molecule has 0 radical (unpaired) electrons. The van der Waals surface area contributed by atoms with Gasteiger partial charge in [-0.1, -0.05) is 18.2 Å². The molecule has 1 unspecified atom stereocenters. The average Bonchev–Trinajstić information content (AvgIpc) is 2.84. The number of nitrogens with zero attached hydrogens (tertiary/aromatic N) is 4. The van der Waals surface area contributed by atoms with E-state index in [9.17, 15) is 13.6 Å². The first-order chi connectivity index (χ1) is 16.0. The van der Waals surface area contributed by atoms with Crippen LogP contribution >= 0.6 is 0 Å². The Kier molecular flexibility index (Phi) is 5.51. The molecule has 1 aliphatic heterocycles. The molecule has 2 aromatic carbocycles. The van der Waals surface area contributed by atoms with Gasteiger partial charge in [-0.15, -0.1) is 0 Å². The third-order valence-corrected chi connectivity index (χ3v) is 5.99. The van der Waals surface area contributed by atoms with Gasteiger partial charge in [-0.2, -0.15) is 0 Å². The molecule has 5 rings (SSSR count). The molecule has 2 aromatic heterocycles. The number of aromatic nitrogens is 3. The molecular formula is C25H21F2N5O. The molecule has 33 heavy (non-hydrogen) atoms. The predicted molar refractivity (Wildman–Crippen MR) is 121 cm³/mol. The van der Waals surface area contributed by atoms with E-state index in [4.69, 9.17) is 4.98 Å². The van der Waals surface area contributed by atoms with Gasteiger partial charge in [0.2, 0.25) is 0 Å². The zero-order chi connectivity index (χ0) is 22.9. The lowest BCUT2D eigenvalue weighted by molar-refractivity contribution is 0.102. The summed E-state index contributed by atoms with van der Waals surface area (Å²) in [4.78, 5) is 29.2. The fourth-order valence-corrected chi connectivity index (χ4v) is 4.26. The van der Waals surface area contributed by atoms with Crippen LogP contribution in [0.4, 0.5) is 14.5 Å². The zero-order valence-corrected chi connectivity index (χ0v) is 17.9. The van der Waals surface area contributed by atoms with Crippen LogP contribution in [0.2, 0.25) is 0 Å². The number of halogens is 2. The van der Waals surface area contributed by atoms with Gasteiger partial charge < -0.3 is 5.32 Å². The quantitative estimate of drug-likeness (QED) is 0.494. The lowest BCUT2D eigenvalue weighted by Gasteiger charge is -2.33. The summed E-state index contributed by atoms with van der Waals surface area (Å²) >= 11 is 0. The van der Waals surface area contributed by atoms with E-state index >= 15 is 0 Å². The number of anilines is 1. The van der Waals surface area contributed by atoms with E-state index < -0.39 is 11.6 Å². The molecular weight excluding hydrogens is 424 g/mol. The fraction of sp³-hybridized carbons (Fsp3) is 0.200. The number of amides is 1. The highest BCUT2D eigenvalue weighted by Crippen LogP contribution is 2.32. The van der Waals surface area contributed by atoms with Gasteiger partial charge in [0, 0.05) is 60.3 Å². The first-order valence-corrected chi connectivity index (χ1v) is 10.7. The largest absolute Gasteiger partial charge is 0.322 e. The molecule has 8 heteroatoms. The van der Waals surface area contributed by atoms with Gasteiger partial charge in [-0.05, 0) is 31.2 Å². The van der Waals surface area contributed by atoms with Gasteiger partial charge >= 0.3 is 0 Å². The van der Waals surface area contributed by atoms with Gasteiger partial charge in [0.25, 0.3) is 5.91 Å². The Balaban J connectivity index is 1.55. The van der Waals surface area contributed by atoms with Crippen LogP contribution in [0.15, 0.2) is 60.9 Å². The summed E-state index contributed by atoms with van der Waals surface area (Å²) in [5, 5.41) is 3.44. The smallest absolute Gasteiger partial charge is 0.256 e. The van der Waals surface area contributed by atoms with E-state index in [-0.39, 0.29) is 17.6 Å². The maximum atomic E-state index is 13.7. The number of benzene rings is 2. The molecule has 0 bridgehead atoms. The van der Waals surface area contributed by atoms with Crippen LogP contribution in [-0.2, 0) is 13.0 Å². The van der Waals surface area contributed by atoms with Gasteiger partial charge in [-0.25, -0.2) is 18.7 Å². The van der Waals surface area contributed by atoms with Crippen molar-refractivity contribution in [1.82, 2.24) is 19.9 Å². The Labute approximate surface area is 189 Å². The predicted octanol–water partition coefficient (Wildman–Crippen LogP) is 4.67. The standard InChI is InChI=1S/C25H21F2N5O/c1-15(24-28-10-4-11-29-24)32-12-9-22-18(14-32)23(17-5-2-3-6-21(17)31-22)25(33)30-16-7-8-19(26)20(27)13-16/h2-8,10-11,13,15H,9,12,14H2,1H3,(H,30,33). The molecule has 0 fully saturated rings. The van der Waals surface area contributed by atoms with Crippen molar-refractivity contribution in [3.63, 3.8) is 0 Å². The Morgan fingerprint density at radius 2 is 1.85 bits per heavy atom. The zero-order valence-electron chi connectivity index (χ0n) is 17.9. The fourth-order valence-electron chi connectivity index (χ4n) is 4.26. The first-order valence-electron chi connectivity index (χ1n) is 10.7. The minimum absolute atomic E-state index is 0.0482. The van der Waals surface area contributed by atoms with E-state index in [2.05, 4.69) is 20.2 Å². The van der Waals surface area contributed by atoms with Crippen molar-refractivity contribution in [2.24, 2.45) is 0 Å².